The number of hydrogen-bond acceptors (Lipinski definition) is 4. The Hall–Kier alpha value is -0.810. The van der Waals surface area contributed by atoms with E-state index in [1.165, 1.54) is 20.0 Å². The van der Waals surface area contributed by atoms with Crippen molar-refractivity contribution in [3.8, 4) is 0 Å². The van der Waals surface area contributed by atoms with Crippen LogP contribution in [0.2, 0.25) is 0 Å². The molecule has 1 amide bonds. The lowest BCUT2D eigenvalue weighted by atomic mass is 9.77. The van der Waals surface area contributed by atoms with Crippen molar-refractivity contribution >= 4 is 24.3 Å². The lowest BCUT2D eigenvalue weighted by Crippen LogP contribution is -2.58. The van der Waals surface area contributed by atoms with Gasteiger partial charge in [0.25, 0.3) is 0 Å². The number of halogens is 1. The molecule has 2 saturated carbocycles. The van der Waals surface area contributed by atoms with Crippen LogP contribution in [-0.2, 0) is 14.3 Å². The van der Waals surface area contributed by atoms with E-state index in [1.807, 2.05) is 0 Å². The lowest BCUT2D eigenvalue weighted by Gasteiger charge is -2.37. The Kier molecular flexibility index (Phi) is 6.94. The van der Waals surface area contributed by atoms with E-state index in [9.17, 15) is 9.59 Å². The molecule has 0 unspecified atom stereocenters. The van der Waals surface area contributed by atoms with Crippen molar-refractivity contribution in [1.82, 2.24) is 10.6 Å². The Balaban J connectivity index is 0.00000220. The molecular formula is C15H27ClN2O3. The van der Waals surface area contributed by atoms with Crippen molar-refractivity contribution in [2.75, 3.05) is 20.2 Å². The van der Waals surface area contributed by atoms with Gasteiger partial charge in [-0.1, -0.05) is 6.92 Å². The summed E-state index contributed by atoms with van der Waals surface area (Å²) in [5.74, 6) is 0.941. The smallest absolute Gasteiger partial charge is 0.331 e. The molecule has 5 nitrogen and oxygen atoms in total. The second kappa shape index (κ2) is 7.99. The Morgan fingerprint density at radius 3 is 2.33 bits per heavy atom. The third-order valence-electron chi connectivity index (χ3n) is 4.50. The summed E-state index contributed by atoms with van der Waals surface area (Å²) in [6.45, 7) is 3.36. The molecule has 0 aliphatic heterocycles. The van der Waals surface area contributed by atoms with Crippen LogP contribution in [0, 0.1) is 11.8 Å². The van der Waals surface area contributed by atoms with Gasteiger partial charge >= 0.3 is 5.97 Å². The SMILES string of the molecule is COC(=O)C1(NC(=O)CNCC2CC2)CCC(C)CC1.Cl. The van der Waals surface area contributed by atoms with E-state index < -0.39 is 5.54 Å². The minimum absolute atomic E-state index is 0. The predicted octanol–water partition coefficient (Wildman–Crippen LogP) is 1.65. The second-order valence-corrected chi connectivity index (χ2v) is 6.38. The predicted molar refractivity (Wildman–Crippen MR) is 83.4 cm³/mol. The molecular weight excluding hydrogens is 292 g/mol. The molecule has 0 aromatic rings. The van der Waals surface area contributed by atoms with Gasteiger partial charge in [-0.15, -0.1) is 12.4 Å². The summed E-state index contributed by atoms with van der Waals surface area (Å²) in [6, 6.07) is 0. The van der Waals surface area contributed by atoms with E-state index >= 15 is 0 Å². The van der Waals surface area contributed by atoms with Crippen LogP contribution < -0.4 is 10.6 Å². The van der Waals surface area contributed by atoms with Gasteiger partial charge in [0.2, 0.25) is 5.91 Å². The average molecular weight is 319 g/mol. The maximum atomic E-state index is 12.1. The van der Waals surface area contributed by atoms with E-state index in [4.69, 9.17) is 4.74 Å². The normalized spacial score (nSPS) is 28.4. The van der Waals surface area contributed by atoms with Crippen LogP contribution in [0.4, 0.5) is 0 Å². The van der Waals surface area contributed by atoms with Crippen LogP contribution in [0.5, 0.6) is 0 Å². The molecule has 0 saturated heterocycles. The van der Waals surface area contributed by atoms with Gasteiger partial charge in [0, 0.05) is 0 Å². The summed E-state index contributed by atoms with van der Waals surface area (Å²) in [5.41, 5.74) is -0.806. The fraction of sp³-hybridized carbons (Fsp3) is 0.867. The zero-order chi connectivity index (χ0) is 14.6. The third kappa shape index (κ3) is 5.15. The molecule has 122 valence electrons. The van der Waals surface area contributed by atoms with Gasteiger partial charge < -0.3 is 15.4 Å². The highest BCUT2D eigenvalue weighted by atomic mass is 35.5. The Morgan fingerprint density at radius 2 is 1.81 bits per heavy atom. The minimum atomic E-state index is -0.806. The van der Waals surface area contributed by atoms with Crippen LogP contribution >= 0.6 is 12.4 Å². The monoisotopic (exact) mass is 318 g/mol. The number of rotatable bonds is 6. The average Bonchev–Trinajstić information content (AvgIpc) is 3.25. The molecule has 2 N–H and O–H groups in total. The fourth-order valence-corrected chi connectivity index (χ4v) is 2.85. The van der Waals surface area contributed by atoms with Crippen molar-refractivity contribution in [3.63, 3.8) is 0 Å². The maximum absolute atomic E-state index is 12.1. The van der Waals surface area contributed by atoms with Gasteiger partial charge in [-0.25, -0.2) is 4.79 Å². The van der Waals surface area contributed by atoms with Crippen LogP contribution in [0.25, 0.3) is 0 Å². The fourth-order valence-electron chi connectivity index (χ4n) is 2.85. The van der Waals surface area contributed by atoms with Gasteiger partial charge in [0.05, 0.1) is 13.7 Å². The molecule has 2 aliphatic rings. The van der Waals surface area contributed by atoms with Crippen molar-refractivity contribution in [2.24, 2.45) is 11.8 Å². The first-order valence-corrected chi connectivity index (χ1v) is 7.66. The number of ether oxygens (including phenoxy) is 1. The number of nitrogens with one attached hydrogen (secondary N) is 2. The molecule has 21 heavy (non-hydrogen) atoms. The zero-order valence-corrected chi connectivity index (χ0v) is 13.8. The van der Waals surface area contributed by atoms with Crippen LogP contribution in [0.3, 0.4) is 0 Å². The standard InChI is InChI=1S/C15H26N2O3.ClH/c1-11-5-7-15(8-6-11,14(19)20-2)17-13(18)10-16-9-12-3-4-12;/h11-12,16H,3-10H2,1-2H3,(H,17,18);1H. The molecule has 0 atom stereocenters. The van der Waals surface area contributed by atoms with Crippen LogP contribution in [-0.4, -0.2) is 37.6 Å². The largest absolute Gasteiger partial charge is 0.467 e. The number of carbonyl (C=O) groups excluding carboxylic acids is 2. The molecule has 0 bridgehead atoms. The molecule has 0 aromatic carbocycles. The zero-order valence-electron chi connectivity index (χ0n) is 12.9. The Bertz CT molecular complexity index is 364. The Morgan fingerprint density at radius 1 is 1.19 bits per heavy atom. The number of carbonyl (C=O) groups is 2. The van der Waals surface area contributed by atoms with Crippen LogP contribution in [0.1, 0.15) is 45.4 Å². The quantitative estimate of drug-likeness (QED) is 0.731. The highest BCUT2D eigenvalue weighted by Gasteiger charge is 2.43. The summed E-state index contributed by atoms with van der Waals surface area (Å²) >= 11 is 0. The van der Waals surface area contributed by atoms with Gasteiger partial charge in [-0.3, -0.25) is 4.79 Å². The van der Waals surface area contributed by atoms with Gasteiger partial charge in [0.1, 0.15) is 5.54 Å². The first kappa shape index (κ1) is 18.2. The molecule has 6 heteroatoms. The maximum Gasteiger partial charge on any atom is 0.331 e. The van der Waals surface area contributed by atoms with Crippen molar-refractivity contribution in [3.05, 3.63) is 0 Å². The van der Waals surface area contributed by atoms with E-state index in [1.54, 1.807) is 0 Å². The topological polar surface area (TPSA) is 67.4 Å². The number of methoxy groups -OCH3 is 1. The van der Waals surface area contributed by atoms with Crippen molar-refractivity contribution < 1.29 is 14.3 Å². The molecule has 2 rings (SSSR count). The molecule has 0 spiro atoms. The summed E-state index contributed by atoms with van der Waals surface area (Å²) in [7, 11) is 1.39. The molecule has 0 aromatic heterocycles. The molecule has 2 aliphatic carbocycles. The van der Waals surface area contributed by atoms with E-state index in [-0.39, 0.29) is 30.8 Å². The first-order chi connectivity index (χ1) is 9.55. The molecule has 0 heterocycles. The second-order valence-electron chi connectivity index (χ2n) is 6.38. The summed E-state index contributed by atoms with van der Waals surface area (Å²) in [5, 5.41) is 6.08. The van der Waals surface area contributed by atoms with E-state index in [0.717, 1.165) is 25.3 Å². The number of hydrogen-bond donors (Lipinski definition) is 2. The van der Waals surface area contributed by atoms with Crippen molar-refractivity contribution in [1.29, 1.82) is 0 Å². The van der Waals surface area contributed by atoms with Crippen LogP contribution in [0.15, 0.2) is 0 Å². The molecule has 2 fully saturated rings. The first-order valence-electron chi connectivity index (χ1n) is 7.66. The lowest BCUT2D eigenvalue weighted by molar-refractivity contribution is -0.153. The Labute approximate surface area is 133 Å². The highest BCUT2D eigenvalue weighted by molar-refractivity contribution is 5.89. The van der Waals surface area contributed by atoms with E-state index in [2.05, 4.69) is 17.6 Å². The van der Waals surface area contributed by atoms with Gasteiger partial charge in [-0.2, -0.15) is 0 Å². The minimum Gasteiger partial charge on any atom is -0.467 e. The number of amides is 1. The summed E-state index contributed by atoms with van der Waals surface area (Å²) in [4.78, 5) is 24.1. The number of esters is 1. The highest BCUT2D eigenvalue weighted by Crippen LogP contribution is 2.32. The van der Waals surface area contributed by atoms with E-state index in [0.29, 0.717) is 18.8 Å². The third-order valence-corrected chi connectivity index (χ3v) is 4.50. The van der Waals surface area contributed by atoms with Gasteiger partial charge in [0.15, 0.2) is 0 Å². The van der Waals surface area contributed by atoms with Gasteiger partial charge in [-0.05, 0) is 56.9 Å². The molecule has 0 radical (unpaired) electrons. The summed E-state index contributed by atoms with van der Waals surface area (Å²) in [6.07, 6.45) is 5.78. The summed E-state index contributed by atoms with van der Waals surface area (Å²) < 4.78 is 4.91. The van der Waals surface area contributed by atoms with Crippen molar-refractivity contribution in [2.45, 2.75) is 51.0 Å².